The van der Waals surface area contributed by atoms with Crippen molar-refractivity contribution in [2.24, 2.45) is 0 Å². The standard InChI is InChI=1S/C8H9Cl2O7PS/c1-15-17-18(11,12)5-16-19(13,14)8-4-6(9)2-3-7(8)10/h2-4H,5H2,1H3,(H,11,12). The van der Waals surface area contributed by atoms with Crippen molar-refractivity contribution in [1.29, 1.82) is 0 Å². The van der Waals surface area contributed by atoms with Gasteiger partial charge in [-0.05, 0) is 18.2 Å². The first-order valence-electron chi connectivity index (χ1n) is 4.57. The fraction of sp³-hybridized carbons (Fsp3) is 0.250. The van der Waals surface area contributed by atoms with Gasteiger partial charge in [-0.3, -0.25) is 8.75 Å². The maximum Gasteiger partial charge on any atom is 0.381 e. The molecule has 0 aliphatic heterocycles. The Labute approximate surface area is 119 Å². The fourth-order valence-electron chi connectivity index (χ4n) is 1.01. The number of hydrogen-bond donors (Lipinski definition) is 1. The minimum atomic E-state index is -4.35. The molecule has 11 heteroatoms. The highest BCUT2D eigenvalue weighted by atomic mass is 35.5. The van der Waals surface area contributed by atoms with Crippen LogP contribution < -0.4 is 0 Å². The van der Waals surface area contributed by atoms with Gasteiger partial charge in [0.2, 0.25) is 0 Å². The zero-order valence-electron chi connectivity index (χ0n) is 9.45. The molecule has 0 aliphatic carbocycles. The van der Waals surface area contributed by atoms with E-state index in [0.717, 1.165) is 13.2 Å². The van der Waals surface area contributed by atoms with Crippen molar-refractivity contribution in [3.05, 3.63) is 28.2 Å². The van der Waals surface area contributed by atoms with Gasteiger partial charge in [0.15, 0.2) is 6.35 Å². The Morgan fingerprint density at radius 1 is 1.37 bits per heavy atom. The van der Waals surface area contributed by atoms with Crippen molar-refractivity contribution >= 4 is 40.9 Å². The lowest BCUT2D eigenvalue weighted by molar-refractivity contribution is -0.186. The number of hydrogen-bond acceptors (Lipinski definition) is 6. The maximum atomic E-state index is 11.8. The second kappa shape index (κ2) is 6.51. The molecule has 1 aromatic rings. The molecule has 1 aromatic carbocycles. The van der Waals surface area contributed by atoms with Crippen molar-refractivity contribution in [2.45, 2.75) is 4.90 Å². The van der Waals surface area contributed by atoms with Gasteiger partial charge in [0.25, 0.3) is 10.1 Å². The highest BCUT2D eigenvalue weighted by molar-refractivity contribution is 7.87. The molecule has 0 aliphatic rings. The zero-order chi connectivity index (χ0) is 14.7. The monoisotopic (exact) mass is 350 g/mol. The second-order valence-electron chi connectivity index (χ2n) is 3.15. The van der Waals surface area contributed by atoms with E-state index in [-0.39, 0.29) is 10.0 Å². The van der Waals surface area contributed by atoms with Crippen molar-refractivity contribution in [1.82, 2.24) is 0 Å². The Hall–Kier alpha value is -0.180. The summed E-state index contributed by atoms with van der Waals surface area (Å²) in [5.41, 5.74) is 0. The number of benzene rings is 1. The van der Waals surface area contributed by atoms with Crippen molar-refractivity contribution in [2.75, 3.05) is 13.5 Å². The van der Waals surface area contributed by atoms with Crippen LogP contribution in [0.15, 0.2) is 23.1 Å². The van der Waals surface area contributed by atoms with Crippen LogP contribution >= 0.6 is 30.8 Å². The van der Waals surface area contributed by atoms with Crippen LogP contribution in [0.25, 0.3) is 0 Å². The summed E-state index contributed by atoms with van der Waals surface area (Å²) in [5.74, 6) is 0. The first-order valence-corrected chi connectivity index (χ1v) is 8.49. The Morgan fingerprint density at radius 2 is 2.00 bits per heavy atom. The molecule has 0 heterocycles. The first-order chi connectivity index (χ1) is 8.68. The van der Waals surface area contributed by atoms with Gasteiger partial charge >= 0.3 is 7.60 Å². The van der Waals surface area contributed by atoms with Crippen LogP contribution in [0.3, 0.4) is 0 Å². The summed E-state index contributed by atoms with van der Waals surface area (Å²) in [6.07, 6.45) is -1.12. The van der Waals surface area contributed by atoms with Gasteiger partial charge in [-0.2, -0.15) is 8.42 Å². The van der Waals surface area contributed by atoms with E-state index < -0.39 is 29.0 Å². The van der Waals surface area contributed by atoms with E-state index in [0.29, 0.717) is 0 Å². The molecule has 0 saturated carbocycles. The predicted octanol–water partition coefficient (Wildman–Crippen LogP) is 2.42. The van der Waals surface area contributed by atoms with Crippen molar-refractivity contribution in [3.63, 3.8) is 0 Å². The molecule has 0 bridgehead atoms. The third-order valence-electron chi connectivity index (χ3n) is 1.72. The SMILES string of the molecule is COOP(=O)(O)COS(=O)(=O)c1cc(Cl)ccc1Cl. The van der Waals surface area contributed by atoms with Gasteiger partial charge in [-0.15, -0.1) is 4.67 Å². The third-order valence-corrected chi connectivity index (χ3v) is 4.72. The lowest BCUT2D eigenvalue weighted by Crippen LogP contribution is -2.09. The molecule has 0 saturated heterocycles. The van der Waals surface area contributed by atoms with E-state index in [1.165, 1.54) is 12.1 Å². The van der Waals surface area contributed by atoms with Crippen LogP contribution in [0.1, 0.15) is 0 Å². The fourth-order valence-corrected chi connectivity index (χ4v) is 3.71. The molecule has 1 rings (SSSR count). The molecule has 0 aromatic heterocycles. The Kier molecular flexibility index (Phi) is 5.78. The highest BCUT2D eigenvalue weighted by Crippen LogP contribution is 2.42. The summed E-state index contributed by atoms with van der Waals surface area (Å²) < 4.78 is 43.1. The van der Waals surface area contributed by atoms with Gasteiger partial charge in [-0.25, -0.2) is 4.89 Å². The largest absolute Gasteiger partial charge is 0.381 e. The summed E-state index contributed by atoms with van der Waals surface area (Å²) in [4.78, 5) is 12.7. The van der Waals surface area contributed by atoms with Crippen LogP contribution in [0.2, 0.25) is 10.0 Å². The second-order valence-corrected chi connectivity index (χ2v) is 7.26. The topological polar surface area (TPSA) is 99.1 Å². The molecular weight excluding hydrogens is 342 g/mol. The van der Waals surface area contributed by atoms with E-state index in [1.807, 2.05) is 0 Å². The summed E-state index contributed by atoms with van der Waals surface area (Å²) in [5, 5.41) is -0.0169. The quantitative estimate of drug-likeness (QED) is 0.364. The molecule has 0 fully saturated rings. The van der Waals surface area contributed by atoms with Gasteiger partial charge in [0, 0.05) is 5.02 Å². The van der Waals surface area contributed by atoms with Gasteiger partial charge < -0.3 is 4.89 Å². The molecule has 7 nitrogen and oxygen atoms in total. The molecule has 0 spiro atoms. The van der Waals surface area contributed by atoms with Crippen molar-refractivity contribution in [3.8, 4) is 0 Å². The summed E-state index contributed by atoms with van der Waals surface area (Å²) in [6.45, 7) is 0. The number of rotatable bonds is 6. The molecule has 0 radical (unpaired) electrons. The van der Waals surface area contributed by atoms with Crippen LogP contribution in [-0.4, -0.2) is 26.8 Å². The maximum absolute atomic E-state index is 11.8. The first kappa shape index (κ1) is 16.9. The lowest BCUT2D eigenvalue weighted by Gasteiger charge is -2.10. The molecule has 1 unspecified atom stereocenters. The van der Waals surface area contributed by atoms with E-state index >= 15 is 0 Å². The number of halogens is 2. The molecule has 108 valence electrons. The average molecular weight is 351 g/mol. The van der Waals surface area contributed by atoms with Crippen molar-refractivity contribution < 1.29 is 31.6 Å². The minimum absolute atomic E-state index is 0.117. The molecule has 1 N–H and O–H groups in total. The average Bonchev–Trinajstić information content (AvgIpc) is 2.30. The van der Waals surface area contributed by atoms with E-state index in [2.05, 4.69) is 13.7 Å². The van der Waals surface area contributed by atoms with E-state index in [9.17, 15) is 13.0 Å². The Balaban J connectivity index is 2.94. The molecule has 19 heavy (non-hydrogen) atoms. The Bertz CT molecular complexity index is 603. The lowest BCUT2D eigenvalue weighted by atomic mass is 10.4. The minimum Gasteiger partial charge on any atom is -0.321 e. The smallest absolute Gasteiger partial charge is 0.321 e. The third kappa shape index (κ3) is 5.02. The Morgan fingerprint density at radius 3 is 2.58 bits per heavy atom. The van der Waals surface area contributed by atoms with Crippen LogP contribution in [0.4, 0.5) is 0 Å². The van der Waals surface area contributed by atoms with E-state index in [4.69, 9.17) is 28.1 Å². The predicted molar refractivity (Wildman–Crippen MR) is 67.5 cm³/mol. The molecule has 0 amide bonds. The van der Waals surface area contributed by atoms with E-state index in [1.54, 1.807) is 0 Å². The summed E-state index contributed by atoms with van der Waals surface area (Å²) in [6, 6.07) is 3.69. The highest BCUT2D eigenvalue weighted by Gasteiger charge is 2.27. The zero-order valence-corrected chi connectivity index (χ0v) is 12.7. The van der Waals surface area contributed by atoms with Crippen LogP contribution in [0.5, 0.6) is 0 Å². The van der Waals surface area contributed by atoms with Gasteiger partial charge in [0.05, 0.1) is 12.1 Å². The summed E-state index contributed by atoms with van der Waals surface area (Å²) >= 11 is 11.3. The van der Waals surface area contributed by atoms with Gasteiger partial charge in [0.1, 0.15) is 4.90 Å². The molecular formula is C8H9Cl2O7PS. The summed E-state index contributed by atoms with van der Waals surface area (Å²) in [7, 11) is -7.69. The van der Waals surface area contributed by atoms with Crippen LogP contribution in [-0.2, 0) is 28.4 Å². The van der Waals surface area contributed by atoms with Gasteiger partial charge in [-0.1, -0.05) is 23.2 Å². The van der Waals surface area contributed by atoms with Crippen LogP contribution in [0, 0.1) is 0 Å². The normalized spacial score (nSPS) is 15.2. The molecule has 1 atom stereocenters.